The third kappa shape index (κ3) is 7.31. The number of hydrogen-bond donors (Lipinski definition) is 2. The Morgan fingerprint density at radius 1 is 1.23 bits per heavy atom. The molecule has 0 atom stereocenters. The SMILES string of the molecule is CCCC(=O)NCC(=O)NC(C)C. The monoisotopic (exact) mass is 186 g/mol. The lowest BCUT2D eigenvalue weighted by Crippen LogP contribution is -2.39. The van der Waals surface area contributed by atoms with Crippen molar-refractivity contribution in [3.8, 4) is 0 Å². The molecule has 13 heavy (non-hydrogen) atoms. The van der Waals surface area contributed by atoms with E-state index in [9.17, 15) is 9.59 Å². The van der Waals surface area contributed by atoms with Crippen LogP contribution in [0.1, 0.15) is 33.6 Å². The molecule has 0 fully saturated rings. The molecular weight excluding hydrogens is 168 g/mol. The number of hydrogen-bond acceptors (Lipinski definition) is 2. The van der Waals surface area contributed by atoms with E-state index in [4.69, 9.17) is 0 Å². The third-order valence-electron chi connectivity index (χ3n) is 1.37. The molecule has 0 aliphatic rings. The second-order valence-electron chi connectivity index (χ2n) is 3.25. The molecule has 0 aromatic carbocycles. The Labute approximate surface area is 79.1 Å². The molecule has 0 aliphatic carbocycles. The van der Waals surface area contributed by atoms with E-state index >= 15 is 0 Å². The van der Waals surface area contributed by atoms with Gasteiger partial charge < -0.3 is 10.6 Å². The van der Waals surface area contributed by atoms with Gasteiger partial charge in [-0.1, -0.05) is 6.92 Å². The normalized spacial score (nSPS) is 9.85. The van der Waals surface area contributed by atoms with Crippen LogP contribution in [0.3, 0.4) is 0 Å². The molecule has 0 aromatic heterocycles. The average molecular weight is 186 g/mol. The highest BCUT2D eigenvalue weighted by molar-refractivity contribution is 5.84. The smallest absolute Gasteiger partial charge is 0.239 e. The lowest BCUT2D eigenvalue weighted by Gasteiger charge is -2.08. The van der Waals surface area contributed by atoms with Crippen LogP contribution in [-0.2, 0) is 9.59 Å². The summed E-state index contributed by atoms with van der Waals surface area (Å²) in [5.74, 6) is -0.208. The van der Waals surface area contributed by atoms with E-state index in [1.54, 1.807) is 0 Å². The summed E-state index contributed by atoms with van der Waals surface area (Å²) in [5.41, 5.74) is 0. The first-order valence-electron chi connectivity index (χ1n) is 4.62. The van der Waals surface area contributed by atoms with Gasteiger partial charge in [0, 0.05) is 12.5 Å². The Hall–Kier alpha value is -1.06. The van der Waals surface area contributed by atoms with Gasteiger partial charge in [-0.05, 0) is 20.3 Å². The van der Waals surface area contributed by atoms with Gasteiger partial charge in [-0.15, -0.1) is 0 Å². The van der Waals surface area contributed by atoms with Crippen molar-refractivity contribution in [1.29, 1.82) is 0 Å². The molecule has 0 saturated carbocycles. The molecule has 76 valence electrons. The average Bonchev–Trinajstić information content (AvgIpc) is 2.00. The van der Waals surface area contributed by atoms with Crippen molar-refractivity contribution in [3.63, 3.8) is 0 Å². The minimum Gasteiger partial charge on any atom is -0.352 e. The topological polar surface area (TPSA) is 58.2 Å². The Morgan fingerprint density at radius 3 is 2.31 bits per heavy atom. The minimum absolute atomic E-state index is 0.0681. The first-order chi connectivity index (χ1) is 6.06. The fourth-order valence-electron chi connectivity index (χ4n) is 0.867. The molecule has 0 aliphatic heterocycles. The molecule has 0 aromatic rings. The highest BCUT2D eigenvalue weighted by Gasteiger charge is 2.04. The number of carbonyl (C=O) groups excluding carboxylic acids is 2. The van der Waals surface area contributed by atoms with Crippen molar-refractivity contribution >= 4 is 11.8 Å². The summed E-state index contributed by atoms with van der Waals surface area (Å²) in [5, 5.41) is 5.22. The van der Waals surface area contributed by atoms with Crippen LogP contribution in [0, 0.1) is 0 Å². The van der Waals surface area contributed by atoms with Gasteiger partial charge in [-0.2, -0.15) is 0 Å². The highest BCUT2D eigenvalue weighted by Crippen LogP contribution is 1.84. The summed E-state index contributed by atoms with van der Waals surface area (Å²) in [7, 11) is 0. The van der Waals surface area contributed by atoms with Crippen LogP contribution in [0.15, 0.2) is 0 Å². The molecule has 2 N–H and O–H groups in total. The maximum absolute atomic E-state index is 11.0. The summed E-state index contributed by atoms with van der Waals surface area (Å²) >= 11 is 0. The zero-order valence-corrected chi connectivity index (χ0v) is 8.52. The van der Waals surface area contributed by atoms with Gasteiger partial charge >= 0.3 is 0 Å². The Bertz CT molecular complexity index is 178. The van der Waals surface area contributed by atoms with E-state index in [1.165, 1.54) is 0 Å². The number of carbonyl (C=O) groups is 2. The first kappa shape index (κ1) is 11.9. The number of nitrogens with one attached hydrogen (secondary N) is 2. The van der Waals surface area contributed by atoms with Gasteiger partial charge in [0.15, 0.2) is 0 Å². The Kier molecular flexibility index (Phi) is 5.93. The summed E-state index contributed by atoms with van der Waals surface area (Å²) in [6.45, 7) is 5.77. The molecule has 2 amide bonds. The van der Waals surface area contributed by atoms with Gasteiger partial charge in [0.1, 0.15) is 0 Å². The minimum atomic E-state index is -0.139. The standard InChI is InChI=1S/C9H18N2O2/c1-4-5-8(12)10-6-9(13)11-7(2)3/h7H,4-6H2,1-3H3,(H,10,12)(H,11,13). The second-order valence-corrected chi connectivity index (χ2v) is 3.25. The van der Waals surface area contributed by atoms with Crippen LogP contribution in [0.5, 0.6) is 0 Å². The number of amides is 2. The molecule has 0 bridgehead atoms. The maximum Gasteiger partial charge on any atom is 0.239 e. The van der Waals surface area contributed by atoms with Crippen molar-refractivity contribution in [2.45, 2.75) is 39.7 Å². The summed E-state index contributed by atoms with van der Waals surface area (Å²) in [4.78, 5) is 22.0. The summed E-state index contributed by atoms with van der Waals surface area (Å²) in [6.07, 6.45) is 1.28. The third-order valence-corrected chi connectivity index (χ3v) is 1.37. The van der Waals surface area contributed by atoms with Crippen molar-refractivity contribution in [2.24, 2.45) is 0 Å². The molecule has 4 nitrogen and oxygen atoms in total. The van der Waals surface area contributed by atoms with E-state index in [0.29, 0.717) is 6.42 Å². The molecule has 0 rings (SSSR count). The Morgan fingerprint density at radius 2 is 1.85 bits per heavy atom. The van der Waals surface area contributed by atoms with Crippen LogP contribution >= 0.6 is 0 Å². The number of rotatable bonds is 5. The lowest BCUT2D eigenvalue weighted by atomic mass is 10.3. The van der Waals surface area contributed by atoms with Gasteiger partial charge in [0.2, 0.25) is 11.8 Å². The van der Waals surface area contributed by atoms with Crippen LogP contribution in [-0.4, -0.2) is 24.4 Å². The zero-order valence-electron chi connectivity index (χ0n) is 8.52. The highest BCUT2D eigenvalue weighted by atomic mass is 16.2. The van der Waals surface area contributed by atoms with Crippen molar-refractivity contribution in [3.05, 3.63) is 0 Å². The lowest BCUT2D eigenvalue weighted by molar-refractivity contribution is -0.126. The van der Waals surface area contributed by atoms with Crippen LogP contribution in [0.25, 0.3) is 0 Å². The molecule has 4 heteroatoms. The fourth-order valence-corrected chi connectivity index (χ4v) is 0.867. The molecular formula is C9H18N2O2. The van der Waals surface area contributed by atoms with E-state index in [2.05, 4.69) is 10.6 Å². The van der Waals surface area contributed by atoms with Crippen molar-refractivity contribution in [1.82, 2.24) is 10.6 Å². The second kappa shape index (κ2) is 6.46. The van der Waals surface area contributed by atoms with Crippen molar-refractivity contribution < 1.29 is 9.59 Å². The first-order valence-corrected chi connectivity index (χ1v) is 4.62. The van der Waals surface area contributed by atoms with Crippen LogP contribution < -0.4 is 10.6 Å². The zero-order chi connectivity index (χ0) is 10.3. The predicted octanol–water partition coefficient (Wildman–Crippen LogP) is 0.427. The van der Waals surface area contributed by atoms with E-state index in [0.717, 1.165) is 6.42 Å². The Balaban J connectivity index is 3.52. The van der Waals surface area contributed by atoms with Crippen LogP contribution in [0.2, 0.25) is 0 Å². The van der Waals surface area contributed by atoms with E-state index in [-0.39, 0.29) is 24.4 Å². The van der Waals surface area contributed by atoms with E-state index in [1.807, 2.05) is 20.8 Å². The fraction of sp³-hybridized carbons (Fsp3) is 0.778. The van der Waals surface area contributed by atoms with Gasteiger partial charge in [-0.25, -0.2) is 0 Å². The van der Waals surface area contributed by atoms with E-state index < -0.39 is 0 Å². The molecule has 0 unspecified atom stereocenters. The molecule has 0 heterocycles. The summed E-state index contributed by atoms with van der Waals surface area (Å²) in [6, 6.07) is 0.121. The molecule has 0 spiro atoms. The predicted molar refractivity (Wildman–Crippen MR) is 51.2 cm³/mol. The van der Waals surface area contributed by atoms with Crippen LogP contribution in [0.4, 0.5) is 0 Å². The quantitative estimate of drug-likeness (QED) is 0.654. The summed E-state index contributed by atoms with van der Waals surface area (Å²) < 4.78 is 0. The largest absolute Gasteiger partial charge is 0.352 e. The molecule has 0 radical (unpaired) electrons. The van der Waals surface area contributed by atoms with Gasteiger partial charge in [-0.3, -0.25) is 9.59 Å². The van der Waals surface area contributed by atoms with Gasteiger partial charge in [0.25, 0.3) is 0 Å². The van der Waals surface area contributed by atoms with Crippen molar-refractivity contribution in [2.75, 3.05) is 6.54 Å². The molecule has 0 saturated heterocycles. The maximum atomic E-state index is 11.0. The van der Waals surface area contributed by atoms with Gasteiger partial charge in [0.05, 0.1) is 6.54 Å².